The lowest BCUT2D eigenvalue weighted by Gasteiger charge is -2.35. The molecule has 0 aromatic heterocycles. The van der Waals surface area contributed by atoms with Crippen LogP contribution in [0.1, 0.15) is 35.2 Å². The van der Waals surface area contributed by atoms with E-state index in [0.29, 0.717) is 12.0 Å². The third kappa shape index (κ3) is 3.84. The molecule has 1 heterocycles. The van der Waals surface area contributed by atoms with E-state index >= 15 is 0 Å². The van der Waals surface area contributed by atoms with Crippen LogP contribution in [0.15, 0.2) is 54.6 Å². The topological polar surface area (TPSA) is 101 Å². The van der Waals surface area contributed by atoms with Crippen molar-refractivity contribution in [3.8, 4) is 0 Å². The number of hydrogen-bond donors (Lipinski definition) is 0. The van der Waals surface area contributed by atoms with Crippen LogP contribution in [0, 0.1) is 10.1 Å². The Hall–Kier alpha value is -3.55. The standard InChI is InChI=1S/C19H17N3O5/c23-17-11-6-12-18(24)21(17)20(13-14-7-2-1-3-8-14)19(25)15-9-4-5-10-16(15)22(26)27/h1-5,7-10H,6,11-13H2. The molecule has 1 saturated heterocycles. The molecule has 138 valence electrons. The Morgan fingerprint density at radius 3 is 2.22 bits per heavy atom. The molecule has 8 nitrogen and oxygen atoms in total. The predicted octanol–water partition coefficient (Wildman–Crippen LogP) is 2.69. The number of rotatable bonds is 5. The van der Waals surface area contributed by atoms with Crippen molar-refractivity contribution < 1.29 is 19.3 Å². The molecule has 1 aliphatic heterocycles. The minimum Gasteiger partial charge on any atom is -0.273 e. The molecule has 0 saturated carbocycles. The van der Waals surface area contributed by atoms with Gasteiger partial charge in [0.1, 0.15) is 5.56 Å². The fourth-order valence-corrected chi connectivity index (χ4v) is 2.95. The highest BCUT2D eigenvalue weighted by molar-refractivity contribution is 6.04. The summed E-state index contributed by atoms with van der Waals surface area (Å²) in [5, 5.41) is 13.1. The lowest BCUT2D eigenvalue weighted by atomic mass is 10.1. The molecule has 8 heteroatoms. The summed E-state index contributed by atoms with van der Waals surface area (Å²) in [6.45, 7) is -0.0524. The number of nitro benzene ring substituents is 1. The Kier molecular flexibility index (Phi) is 5.25. The molecule has 1 fully saturated rings. The number of piperidine rings is 1. The quantitative estimate of drug-likeness (QED) is 0.459. The summed E-state index contributed by atoms with van der Waals surface area (Å²) in [5.74, 6) is -1.75. The van der Waals surface area contributed by atoms with E-state index in [0.717, 1.165) is 10.0 Å². The summed E-state index contributed by atoms with van der Waals surface area (Å²) in [6, 6.07) is 14.3. The first kappa shape index (κ1) is 18.2. The first-order chi connectivity index (χ1) is 13.0. The van der Waals surface area contributed by atoms with Gasteiger partial charge in [0.25, 0.3) is 11.6 Å². The third-order valence-electron chi connectivity index (χ3n) is 4.24. The molecular weight excluding hydrogens is 350 g/mol. The van der Waals surface area contributed by atoms with Gasteiger partial charge in [0.2, 0.25) is 11.8 Å². The molecular formula is C19H17N3O5. The Morgan fingerprint density at radius 2 is 1.59 bits per heavy atom. The molecule has 0 aliphatic carbocycles. The van der Waals surface area contributed by atoms with E-state index in [1.165, 1.54) is 24.3 Å². The first-order valence-electron chi connectivity index (χ1n) is 8.44. The van der Waals surface area contributed by atoms with Crippen molar-refractivity contribution in [2.45, 2.75) is 25.8 Å². The Labute approximate surface area is 155 Å². The first-order valence-corrected chi connectivity index (χ1v) is 8.44. The van der Waals surface area contributed by atoms with Crippen LogP contribution in [0.5, 0.6) is 0 Å². The monoisotopic (exact) mass is 367 g/mol. The molecule has 2 aromatic rings. The van der Waals surface area contributed by atoms with Crippen molar-refractivity contribution in [1.29, 1.82) is 0 Å². The normalized spacial score (nSPS) is 14.1. The van der Waals surface area contributed by atoms with Gasteiger partial charge in [-0.2, -0.15) is 5.01 Å². The van der Waals surface area contributed by atoms with Gasteiger partial charge in [-0.15, -0.1) is 0 Å². The van der Waals surface area contributed by atoms with Gasteiger partial charge in [0.05, 0.1) is 11.5 Å². The van der Waals surface area contributed by atoms with Crippen LogP contribution in [-0.4, -0.2) is 32.7 Å². The molecule has 3 rings (SSSR count). The number of nitrogens with zero attached hydrogens (tertiary/aromatic N) is 3. The Morgan fingerprint density at radius 1 is 1.00 bits per heavy atom. The van der Waals surface area contributed by atoms with Gasteiger partial charge < -0.3 is 0 Å². The van der Waals surface area contributed by atoms with E-state index in [2.05, 4.69) is 0 Å². The maximum atomic E-state index is 13.1. The van der Waals surface area contributed by atoms with Gasteiger partial charge >= 0.3 is 0 Å². The zero-order chi connectivity index (χ0) is 19.4. The van der Waals surface area contributed by atoms with Crippen LogP contribution in [0.2, 0.25) is 0 Å². The summed E-state index contributed by atoms with van der Waals surface area (Å²) in [5.41, 5.74) is 0.137. The number of hydrogen-bond acceptors (Lipinski definition) is 5. The molecule has 0 unspecified atom stereocenters. The van der Waals surface area contributed by atoms with E-state index in [-0.39, 0.29) is 30.6 Å². The van der Waals surface area contributed by atoms with E-state index in [4.69, 9.17) is 0 Å². The summed E-state index contributed by atoms with van der Waals surface area (Å²) < 4.78 is 0. The molecule has 2 aromatic carbocycles. The summed E-state index contributed by atoms with van der Waals surface area (Å²) in [6.07, 6.45) is 0.704. The lowest BCUT2D eigenvalue weighted by Crippen LogP contribution is -2.54. The van der Waals surface area contributed by atoms with Gasteiger partial charge in [0, 0.05) is 18.9 Å². The summed E-state index contributed by atoms with van der Waals surface area (Å²) in [7, 11) is 0. The minimum atomic E-state index is -0.769. The van der Waals surface area contributed by atoms with Crippen molar-refractivity contribution >= 4 is 23.4 Å². The van der Waals surface area contributed by atoms with Gasteiger partial charge in [-0.25, -0.2) is 5.01 Å². The van der Waals surface area contributed by atoms with Crippen molar-refractivity contribution in [1.82, 2.24) is 10.0 Å². The fraction of sp³-hybridized carbons (Fsp3) is 0.211. The van der Waals surface area contributed by atoms with E-state index in [1.54, 1.807) is 30.3 Å². The lowest BCUT2D eigenvalue weighted by molar-refractivity contribution is -0.385. The number of hydrazine groups is 1. The maximum absolute atomic E-state index is 13.1. The second-order valence-corrected chi connectivity index (χ2v) is 6.08. The number of amides is 3. The SMILES string of the molecule is O=C(c1ccccc1[N+](=O)[O-])N(Cc1ccccc1)N1C(=O)CCCC1=O. The maximum Gasteiger partial charge on any atom is 0.282 e. The van der Waals surface area contributed by atoms with E-state index < -0.39 is 22.6 Å². The molecule has 0 radical (unpaired) electrons. The van der Waals surface area contributed by atoms with Crippen LogP contribution >= 0.6 is 0 Å². The zero-order valence-electron chi connectivity index (χ0n) is 14.4. The summed E-state index contributed by atoms with van der Waals surface area (Å²) >= 11 is 0. The molecule has 0 N–H and O–H groups in total. The van der Waals surface area contributed by atoms with Crippen LogP contribution in [-0.2, 0) is 16.1 Å². The molecule has 0 spiro atoms. The van der Waals surface area contributed by atoms with Crippen molar-refractivity contribution in [2.75, 3.05) is 0 Å². The van der Waals surface area contributed by atoms with Crippen LogP contribution in [0.25, 0.3) is 0 Å². The van der Waals surface area contributed by atoms with Crippen LogP contribution in [0.4, 0.5) is 5.69 Å². The van der Waals surface area contributed by atoms with Gasteiger partial charge in [-0.1, -0.05) is 42.5 Å². The Balaban J connectivity index is 2.04. The molecule has 0 atom stereocenters. The Bertz CT molecular complexity index is 881. The molecule has 0 bridgehead atoms. The second-order valence-electron chi connectivity index (χ2n) is 6.08. The largest absolute Gasteiger partial charge is 0.282 e. The smallest absolute Gasteiger partial charge is 0.273 e. The number of benzene rings is 2. The fourth-order valence-electron chi connectivity index (χ4n) is 2.95. The third-order valence-corrected chi connectivity index (χ3v) is 4.24. The minimum absolute atomic E-state index is 0.0524. The average molecular weight is 367 g/mol. The molecule has 27 heavy (non-hydrogen) atoms. The average Bonchev–Trinajstić information content (AvgIpc) is 2.67. The number of para-hydroxylation sites is 1. The van der Waals surface area contributed by atoms with E-state index in [9.17, 15) is 24.5 Å². The van der Waals surface area contributed by atoms with Crippen molar-refractivity contribution in [2.24, 2.45) is 0 Å². The predicted molar refractivity (Wildman–Crippen MR) is 95.1 cm³/mol. The number of nitro groups is 1. The van der Waals surface area contributed by atoms with E-state index in [1.807, 2.05) is 0 Å². The van der Waals surface area contributed by atoms with Gasteiger partial charge in [-0.05, 0) is 18.1 Å². The van der Waals surface area contributed by atoms with Crippen LogP contribution < -0.4 is 0 Å². The highest BCUT2D eigenvalue weighted by atomic mass is 16.6. The molecule has 3 amide bonds. The van der Waals surface area contributed by atoms with Crippen LogP contribution in [0.3, 0.4) is 0 Å². The highest BCUT2D eigenvalue weighted by Crippen LogP contribution is 2.24. The zero-order valence-corrected chi connectivity index (χ0v) is 14.4. The number of carbonyl (C=O) groups is 3. The number of carbonyl (C=O) groups excluding carboxylic acids is 3. The van der Waals surface area contributed by atoms with Gasteiger partial charge in [-0.3, -0.25) is 24.5 Å². The summed E-state index contributed by atoms with van der Waals surface area (Å²) in [4.78, 5) is 48.5. The number of imide groups is 1. The van der Waals surface area contributed by atoms with Gasteiger partial charge in [0.15, 0.2) is 0 Å². The second kappa shape index (κ2) is 7.77. The van der Waals surface area contributed by atoms with Crippen molar-refractivity contribution in [3.05, 3.63) is 75.8 Å². The highest BCUT2D eigenvalue weighted by Gasteiger charge is 2.36. The molecule has 1 aliphatic rings. The van der Waals surface area contributed by atoms with Crippen molar-refractivity contribution in [3.63, 3.8) is 0 Å².